The van der Waals surface area contributed by atoms with E-state index >= 15 is 0 Å². The highest BCUT2D eigenvalue weighted by Crippen LogP contribution is 2.32. The molecule has 3 aliphatic rings. The van der Waals surface area contributed by atoms with Gasteiger partial charge in [-0.3, -0.25) is 14.5 Å². The summed E-state index contributed by atoms with van der Waals surface area (Å²) in [6.07, 6.45) is 3.86. The van der Waals surface area contributed by atoms with Gasteiger partial charge in [0.15, 0.2) is 6.61 Å². The van der Waals surface area contributed by atoms with Crippen LogP contribution < -0.4 is 10.1 Å². The van der Waals surface area contributed by atoms with Crippen LogP contribution in [0.15, 0.2) is 30.3 Å². The quantitative estimate of drug-likeness (QED) is 0.700. The first-order valence-corrected chi connectivity index (χ1v) is 11.4. The van der Waals surface area contributed by atoms with Gasteiger partial charge in [0.05, 0.1) is 6.04 Å². The van der Waals surface area contributed by atoms with E-state index in [1.807, 2.05) is 30.3 Å². The van der Waals surface area contributed by atoms with Crippen molar-refractivity contribution < 1.29 is 19.1 Å². The average molecular weight is 429 g/mol. The number of hydrogen-bond donors (Lipinski definition) is 1. The van der Waals surface area contributed by atoms with Crippen molar-refractivity contribution >= 4 is 17.8 Å². The lowest BCUT2D eigenvalue weighted by Crippen LogP contribution is -2.56. The number of nitrogens with zero attached hydrogens (tertiary/aromatic N) is 3. The summed E-state index contributed by atoms with van der Waals surface area (Å²) >= 11 is 0. The number of benzene rings is 1. The Bertz CT molecular complexity index is 807. The number of carbonyl (C=O) groups is 3. The first-order valence-electron chi connectivity index (χ1n) is 11.4. The molecule has 31 heavy (non-hydrogen) atoms. The topological polar surface area (TPSA) is 82.2 Å². The van der Waals surface area contributed by atoms with Crippen LogP contribution in [0.4, 0.5) is 4.79 Å². The van der Waals surface area contributed by atoms with Crippen molar-refractivity contribution in [3.63, 3.8) is 0 Å². The van der Waals surface area contributed by atoms with Gasteiger partial charge in [0.2, 0.25) is 0 Å². The molecule has 1 aromatic carbocycles. The molecule has 0 saturated carbocycles. The summed E-state index contributed by atoms with van der Waals surface area (Å²) in [5.74, 6) is 0.409. The maximum Gasteiger partial charge on any atom is 0.325 e. The van der Waals surface area contributed by atoms with Crippen LogP contribution in [0.5, 0.6) is 5.75 Å². The third-order valence-corrected chi connectivity index (χ3v) is 6.66. The Labute approximate surface area is 183 Å². The lowest BCUT2D eigenvalue weighted by Gasteiger charge is -2.39. The van der Waals surface area contributed by atoms with Gasteiger partial charge in [-0.1, -0.05) is 25.1 Å². The number of carbonyl (C=O) groups excluding carboxylic acids is 3. The number of ether oxygens (including phenoxy) is 1. The number of imide groups is 1. The van der Waals surface area contributed by atoms with Crippen molar-refractivity contribution in [2.24, 2.45) is 0 Å². The van der Waals surface area contributed by atoms with Gasteiger partial charge in [0, 0.05) is 26.2 Å². The molecule has 4 rings (SSSR count). The Hall–Kier alpha value is -2.61. The van der Waals surface area contributed by atoms with E-state index in [2.05, 4.69) is 17.1 Å². The second-order valence-electron chi connectivity index (χ2n) is 8.77. The van der Waals surface area contributed by atoms with Gasteiger partial charge in [-0.2, -0.15) is 0 Å². The molecule has 0 aliphatic carbocycles. The molecule has 3 heterocycles. The Morgan fingerprint density at radius 3 is 2.61 bits per heavy atom. The van der Waals surface area contributed by atoms with Crippen LogP contribution in [-0.4, -0.2) is 83.5 Å². The summed E-state index contributed by atoms with van der Waals surface area (Å²) in [5, 5.41) is 3.00. The predicted molar refractivity (Wildman–Crippen MR) is 116 cm³/mol. The number of para-hydroxylation sites is 1. The number of hydrogen-bond acceptors (Lipinski definition) is 5. The maximum atomic E-state index is 13.3. The van der Waals surface area contributed by atoms with E-state index in [0.717, 1.165) is 38.9 Å². The molecule has 0 radical (unpaired) electrons. The SMILES string of the molecule is CCCN1CCC2(CC1)NC(=O)N([C@H]1CCCN(C(=O)COc3ccccc3)C1)C2=O. The number of rotatable bonds is 6. The zero-order valence-corrected chi connectivity index (χ0v) is 18.2. The van der Waals surface area contributed by atoms with Crippen LogP contribution in [-0.2, 0) is 9.59 Å². The molecule has 4 amide bonds. The lowest BCUT2D eigenvalue weighted by atomic mass is 9.87. The molecule has 8 nitrogen and oxygen atoms in total. The molecule has 168 valence electrons. The van der Waals surface area contributed by atoms with Crippen LogP contribution in [0.3, 0.4) is 0 Å². The maximum absolute atomic E-state index is 13.3. The molecule has 1 aromatic rings. The summed E-state index contributed by atoms with van der Waals surface area (Å²) in [5.41, 5.74) is -0.774. The summed E-state index contributed by atoms with van der Waals surface area (Å²) < 4.78 is 5.59. The summed E-state index contributed by atoms with van der Waals surface area (Å²) in [6, 6.07) is 8.63. The molecule has 8 heteroatoms. The van der Waals surface area contributed by atoms with Gasteiger partial charge in [0.1, 0.15) is 11.3 Å². The van der Waals surface area contributed by atoms with Crippen LogP contribution >= 0.6 is 0 Å². The molecule has 1 N–H and O–H groups in total. The minimum absolute atomic E-state index is 0.0475. The van der Waals surface area contributed by atoms with E-state index in [9.17, 15) is 14.4 Å². The van der Waals surface area contributed by atoms with E-state index in [4.69, 9.17) is 4.74 Å². The third-order valence-electron chi connectivity index (χ3n) is 6.66. The Morgan fingerprint density at radius 2 is 1.90 bits per heavy atom. The first-order chi connectivity index (χ1) is 15.0. The van der Waals surface area contributed by atoms with Crippen molar-refractivity contribution in [1.29, 1.82) is 0 Å². The van der Waals surface area contributed by atoms with E-state index in [-0.39, 0.29) is 30.5 Å². The fraction of sp³-hybridized carbons (Fsp3) is 0.609. The minimum Gasteiger partial charge on any atom is -0.484 e. The zero-order valence-electron chi connectivity index (χ0n) is 18.2. The monoisotopic (exact) mass is 428 g/mol. The van der Waals surface area contributed by atoms with Gasteiger partial charge in [-0.25, -0.2) is 4.79 Å². The minimum atomic E-state index is -0.774. The van der Waals surface area contributed by atoms with Gasteiger partial charge in [-0.05, 0) is 50.8 Å². The molecule has 3 saturated heterocycles. The van der Waals surface area contributed by atoms with Gasteiger partial charge in [0.25, 0.3) is 11.8 Å². The molecular formula is C23H32N4O4. The highest BCUT2D eigenvalue weighted by atomic mass is 16.5. The highest BCUT2D eigenvalue weighted by molar-refractivity contribution is 6.07. The van der Waals surface area contributed by atoms with Gasteiger partial charge < -0.3 is 19.9 Å². The standard InChI is InChI=1S/C23H32N4O4/c1-2-12-25-14-10-23(11-15-25)21(29)27(22(30)24-23)18-7-6-13-26(16-18)20(28)17-31-19-8-4-3-5-9-19/h3-5,8-9,18H,2,6-7,10-17H2,1H3,(H,24,30)/t18-/m0/s1. The summed E-state index contributed by atoms with van der Waals surface area (Å²) in [4.78, 5) is 44.3. The molecule has 0 aromatic heterocycles. The smallest absolute Gasteiger partial charge is 0.325 e. The third kappa shape index (κ3) is 4.54. The van der Waals surface area contributed by atoms with Crippen LogP contribution in [0.2, 0.25) is 0 Å². The lowest BCUT2D eigenvalue weighted by molar-refractivity contribution is -0.140. The fourth-order valence-electron chi connectivity index (χ4n) is 4.93. The molecule has 3 aliphatic heterocycles. The van der Waals surface area contributed by atoms with E-state index in [1.54, 1.807) is 4.90 Å². The van der Waals surface area contributed by atoms with Gasteiger partial charge in [-0.15, -0.1) is 0 Å². The van der Waals surface area contributed by atoms with Gasteiger partial charge >= 0.3 is 6.03 Å². The molecule has 1 atom stereocenters. The van der Waals surface area contributed by atoms with Crippen molar-refractivity contribution in [1.82, 2.24) is 20.0 Å². The Kier molecular flexibility index (Phi) is 6.46. The molecular weight excluding hydrogens is 396 g/mol. The van der Waals surface area contributed by atoms with Crippen molar-refractivity contribution in [2.75, 3.05) is 39.3 Å². The average Bonchev–Trinajstić information content (AvgIpc) is 3.03. The molecule has 0 unspecified atom stereocenters. The number of nitrogens with one attached hydrogen (secondary N) is 1. The number of piperidine rings is 2. The van der Waals surface area contributed by atoms with Crippen LogP contribution in [0.1, 0.15) is 39.0 Å². The molecule has 1 spiro atoms. The van der Waals surface area contributed by atoms with Crippen LogP contribution in [0.25, 0.3) is 0 Å². The predicted octanol–water partition coefficient (Wildman–Crippen LogP) is 1.85. The van der Waals surface area contributed by atoms with E-state index in [0.29, 0.717) is 31.7 Å². The second-order valence-corrected chi connectivity index (χ2v) is 8.77. The number of likely N-dealkylation sites (tertiary alicyclic amines) is 2. The molecule has 3 fully saturated rings. The summed E-state index contributed by atoms with van der Waals surface area (Å²) in [6.45, 7) is 5.75. The van der Waals surface area contributed by atoms with Crippen molar-refractivity contribution in [2.45, 2.75) is 50.6 Å². The normalized spacial score (nSPS) is 23.8. The van der Waals surface area contributed by atoms with Crippen molar-refractivity contribution in [3.8, 4) is 5.75 Å². The highest BCUT2D eigenvalue weighted by Gasteiger charge is 2.54. The molecule has 0 bridgehead atoms. The fourth-order valence-corrected chi connectivity index (χ4v) is 4.93. The summed E-state index contributed by atoms with van der Waals surface area (Å²) in [7, 11) is 0. The number of amides is 4. The largest absolute Gasteiger partial charge is 0.484 e. The first kappa shape index (κ1) is 21.6. The van der Waals surface area contributed by atoms with Crippen molar-refractivity contribution in [3.05, 3.63) is 30.3 Å². The van der Waals surface area contributed by atoms with E-state index in [1.165, 1.54) is 4.90 Å². The Morgan fingerprint density at radius 1 is 1.16 bits per heavy atom. The zero-order chi connectivity index (χ0) is 21.8. The second kappa shape index (κ2) is 9.26. The number of urea groups is 1. The van der Waals surface area contributed by atoms with Crippen LogP contribution in [0, 0.1) is 0 Å². The Balaban J connectivity index is 1.36. The van der Waals surface area contributed by atoms with E-state index < -0.39 is 5.54 Å².